The first-order valence-electron chi connectivity index (χ1n) is 8.05. The van der Waals surface area contributed by atoms with Gasteiger partial charge in [-0.05, 0) is 55.2 Å². The maximum atomic E-state index is 5.56. The third-order valence-corrected chi connectivity index (χ3v) is 4.74. The molecule has 4 heteroatoms. The van der Waals surface area contributed by atoms with E-state index in [1.54, 1.807) is 0 Å². The predicted molar refractivity (Wildman–Crippen MR) is 89.8 cm³/mol. The molecule has 1 aromatic rings. The van der Waals surface area contributed by atoms with Crippen molar-refractivity contribution in [2.45, 2.75) is 57.5 Å². The Morgan fingerprint density at radius 1 is 1.29 bits per heavy atom. The number of hydrogen-bond acceptors (Lipinski definition) is 2. The Kier molecular flexibility index (Phi) is 4.63. The molecule has 0 radical (unpaired) electrons. The van der Waals surface area contributed by atoms with E-state index in [1.807, 2.05) is 0 Å². The molecule has 0 bridgehead atoms. The maximum Gasteiger partial charge on any atom is 0.166 e. The van der Waals surface area contributed by atoms with Gasteiger partial charge in [0.1, 0.15) is 5.75 Å². The first-order chi connectivity index (χ1) is 10.2. The minimum absolute atomic E-state index is 0.222. The molecule has 114 valence electrons. The minimum atomic E-state index is 0.222. The molecule has 0 saturated heterocycles. The number of benzene rings is 1. The molecule has 1 heterocycles. The summed E-state index contributed by atoms with van der Waals surface area (Å²) in [5, 5.41) is 7.67. The highest BCUT2D eigenvalue weighted by Gasteiger charge is 2.17. The fourth-order valence-electron chi connectivity index (χ4n) is 3.23. The van der Waals surface area contributed by atoms with E-state index in [-0.39, 0.29) is 6.04 Å². The van der Waals surface area contributed by atoms with Crippen molar-refractivity contribution in [3.63, 3.8) is 0 Å². The summed E-state index contributed by atoms with van der Waals surface area (Å²) in [6, 6.07) is 7.22. The van der Waals surface area contributed by atoms with Gasteiger partial charge in [0.25, 0.3) is 0 Å². The van der Waals surface area contributed by atoms with Gasteiger partial charge in [-0.3, -0.25) is 0 Å². The average molecular weight is 304 g/mol. The maximum absolute atomic E-state index is 5.56. The van der Waals surface area contributed by atoms with Crippen LogP contribution in [0, 0.1) is 0 Å². The second-order valence-corrected chi connectivity index (χ2v) is 6.55. The van der Waals surface area contributed by atoms with Crippen molar-refractivity contribution in [2.24, 2.45) is 0 Å². The topological polar surface area (TPSA) is 33.3 Å². The van der Waals surface area contributed by atoms with E-state index in [0.717, 1.165) is 23.9 Å². The largest absolute Gasteiger partial charge is 0.493 e. The van der Waals surface area contributed by atoms with Crippen LogP contribution in [0.2, 0.25) is 0 Å². The predicted octanol–water partition coefficient (Wildman–Crippen LogP) is 3.48. The summed E-state index contributed by atoms with van der Waals surface area (Å²) in [6.45, 7) is 2.97. The van der Waals surface area contributed by atoms with Gasteiger partial charge < -0.3 is 15.4 Å². The number of rotatable bonds is 3. The Morgan fingerprint density at radius 3 is 2.90 bits per heavy atom. The van der Waals surface area contributed by atoms with E-state index in [4.69, 9.17) is 17.0 Å². The van der Waals surface area contributed by atoms with Crippen LogP contribution in [-0.4, -0.2) is 17.8 Å². The average Bonchev–Trinajstić information content (AvgIpc) is 2.95. The molecule has 1 aliphatic carbocycles. The second-order valence-electron chi connectivity index (χ2n) is 6.14. The number of nitrogens with one attached hydrogen (secondary N) is 2. The molecule has 2 N–H and O–H groups in total. The molecule has 0 amide bonds. The van der Waals surface area contributed by atoms with Crippen molar-refractivity contribution >= 4 is 17.3 Å². The van der Waals surface area contributed by atoms with E-state index in [2.05, 4.69) is 35.8 Å². The van der Waals surface area contributed by atoms with Gasteiger partial charge in [-0.1, -0.05) is 25.3 Å². The van der Waals surface area contributed by atoms with E-state index in [0.29, 0.717) is 6.04 Å². The van der Waals surface area contributed by atoms with Gasteiger partial charge in [-0.2, -0.15) is 0 Å². The summed E-state index contributed by atoms with van der Waals surface area (Å²) >= 11 is 5.46. The first kappa shape index (κ1) is 14.6. The van der Waals surface area contributed by atoms with Crippen LogP contribution in [0.5, 0.6) is 5.75 Å². The highest BCUT2D eigenvalue weighted by atomic mass is 32.1. The molecule has 0 aromatic heterocycles. The summed E-state index contributed by atoms with van der Waals surface area (Å²) in [4.78, 5) is 0. The zero-order valence-corrected chi connectivity index (χ0v) is 13.5. The van der Waals surface area contributed by atoms with E-state index in [1.165, 1.54) is 43.2 Å². The number of fused-ring (bicyclic) bond motifs is 1. The van der Waals surface area contributed by atoms with Crippen molar-refractivity contribution in [1.82, 2.24) is 10.6 Å². The summed E-state index contributed by atoms with van der Waals surface area (Å²) < 4.78 is 5.56. The molecule has 0 unspecified atom stereocenters. The minimum Gasteiger partial charge on any atom is -0.493 e. The van der Waals surface area contributed by atoms with Gasteiger partial charge in [0.15, 0.2) is 5.11 Å². The fourth-order valence-corrected chi connectivity index (χ4v) is 3.57. The summed E-state index contributed by atoms with van der Waals surface area (Å²) in [5.74, 6) is 1.04. The van der Waals surface area contributed by atoms with Crippen LogP contribution in [0.1, 0.15) is 56.2 Å². The SMILES string of the molecule is C[C@H](NC(=S)NC1CCCCC1)c1ccc2c(c1)CCO2. The molecule has 3 rings (SSSR count). The van der Waals surface area contributed by atoms with Crippen molar-refractivity contribution < 1.29 is 4.74 Å². The standard InChI is InChI=1S/C17H24N2OS/c1-12(13-7-8-16-14(11-13)9-10-20-16)18-17(21)19-15-5-3-2-4-6-15/h7-8,11-12,15H,2-6,9-10H2,1H3,(H2,18,19,21)/t12-/m0/s1. The highest BCUT2D eigenvalue weighted by molar-refractivity contribution is 7.80. The smallest absolute Gasteiger partial charge is 0.166 e. The van der Waals surface area contributed by atoms with E-state index >= 15 is 0 Å². The Labute approximate surface area is 132 Å². The molecule has 1 saturated carbocycles. The monoisotopic (exact) mass is 304 g/mol. The molecule has 0 spiro atoms. The third-order valence-electron chi connectivity index (χ3n) is 4.50. The van der Waals surface area contributed by atoms with E-state index in [9.17, 15) is 0 Å². The normalized spacial score (nSPS) is 19.5. The zero-order valence-electron chi connectivity index (χ0n) is 12.7. The Balaban J connectivity index is 1.55. The third kappa shape index (κ3) is 3.67. The molecule has 2 aliphatic rings. The molecule has 1 aromatic carbocycles. The summed E-state index contributed by atoms with van der Waals surface area (Å²) in [5.41, 5.74) is 2.58. The molecule has 3 nitrogen and oxygen atoms in total. The van der Waals surface area contributed by atoms with Gasteiger partial charge in [-0.15, -0.1) is 0 Å². The van der Waals surface area contributed by atoms with Crippen LogP contribution < -0.4 is 15.4 Å². The lowest BCUT2D eigenvalue weighted by Gasteiger charge is -2.26. The molecule has 1 fully saturated rings. The lowest BCUT2D eigenvalue weighted by molar-refractivity contribution is 0.357. The van der Waals surface area contributed by atoms with Gasteiger partial charge in [0, 0.05) is 12.5 Å². The Hall–Kier alpha value is -1.29. The van der Waals surface area contributed by atoms with Crippen LogP contribution in [0.3, 0.4) is 0 Å². The summed E-state index contributed by atoms with van der Waals surface area (Å²) in [7, 11) is 0. The highest BCUT2D eigenvalue weighted by Crippen LogP contribution is 2.28. The van der Waals surface area contributed by atoms with E-state index < -0.39 is 0 Å². The van der Waals surface area contributed by atoms with Gasteiger partial charge in [0.2, 0.25) is 0 Å². The van der Waals surface area contributed by atoms with Crippen molar-refractivity contribution in [3.05, 3.63) is 29.3 Å². The molecule has 1 atom stereocenters. The van der Waals surface area contributed by atoms with Crippen LogP contribution in [0.15, 0.2) is 18.2 Å². The Bertz CT molecular complexity index is 512. The van der Waals surface area contributed by atoms with Crippen LogP contribution in [0.25, 0.3) is 0 Å². The zero-order chi connectivity index (χ0) is 14.7. The van der Waals surface area contributed by atoms with Crippen LogP contribution in [0.4, 0.5) is 0 Å². The first-order valence-corrected chi connectivity index (χ1v) is 8.46. The van der Waals surface area contributed by atoms with Crippen molar-refractivity contribution in [2.75, 3.05) is 6.61 Å². The second kappa shape index (κ2) is 6.65. The van der Waals surface area contributed by atoms with Crippen LogP contribution in [-0.2, 0) is 6.42 Å². The van der Waals surface area contributed by atoms with Crippen molar-refractivity contribution in [1.29, 1.82) is 0 Å². The molecule has 1 aliphatic heterocycles. The molecular formula is C17H24N2OS. The van der Waals surface area contributed by atoms with Gasteiger partial charge >= 0.3 is 0 Å². The lowest BCUT2D eigenvalue weighted by atomic mass is 9.96. The van der Waals surface area contributed by atoms with Gasteiger partial charge in [-0.25, -0.2) is 0 Å². The van der Waals surface area contributed by atoms with Gasteiger partial charge in [0.05, 0.1) is 12.6 Å². The lowest BCUT2D eigenvalue weighted by Crippen LogP contribution is -2.43. The molecular weight excluding hydrogens is 280 g/mol. The number of hydrogen-bond donors (Lipinski definition) is 2. The number of ether oxygens (including phenoxy) is 1. The summed E-state index contributed by atoms with van der Waals surface area (Å²) in [6.07, 6.45) is 7.51. The fraction of sp³-hybridized carbons (Fsp3) is 0.588. The quantitative estimate of drug-likeness (QED) is 0.838. The Morgan fingerprint density at radius 2 is 2.10 bits per heavy atom. The number of thiocarbonyl (C=S) groups is 1. The van der Waals surface area contributed by atoms with Crippen molar-refractivity contribution in [3.8, 4) is 5.75 Å². The van der Waals surface area contributed by atoms with Crippen LogP contribution >= 0.6 is 12.2 Å². The molecule has 21 heavy (non-hydrogen) atoms.